The minimum Gasteiger partial charge on any atom is -0.354 e. The molecule has 0 bridgehead atoms. The number of hydrogen-bond donors (Lipinski definition) is 2. The van der Waals surface area contributed by atoms with E-state index in [0.717, 1.165) is 16.5 Å². The molecule has 2 amide bonds. The highest BCUT2D eigenvalue weighted by atomic mass is 16.7. The van der Waals surface area contributed by atoms with Crippen LogP contribution in [0.25, 0.3) is 10.8 Å². The van der Waals surface area contributed by atoms with E-state index >= 15 is 0 Å². The highest BCUT2D eigenvalue weighted by Crippen LogP contribution is 2.22. The largest absolute Gasteiger partial charge is 0.354 e. The zero-order chi connectivity index (χ0) is 15.2. The lowest BCUT2D eigenvalue weighted by Gasteiger charge is -2.22. The number of ether oxygens (including phenoxy) is 2. The van der Waals surface area contributed by atoms with Crippen molar-refractivity contribution in [3.8, 4) is 0 Å². The van der Waals surface area contributed by atoms with Crippen molar-refractivity contribution in [2.75, 3.05) is 19.5 Å². The van der Waals surface area contributed by atoms with Crippen LogP contribution in [0.15, 0.2) is 42.5 Å². The number of methoxy groups -OCH3 is 2. The predicted molar refractivity (Wildman–Crippen MR) is 83.4 cm³/mol. The fraction of sp³-hybridized carbons (Fsp3) is 0.312. The van der Waals surface area contributed by atoms with Gasteiger partial charge in [-0.05, 0) is 18.4 Å². The Balaban J connectivity index is 2.08. The fourth-order valence-electron chi connectivity index (χ4n) is 2.27. The Morgan fingerprint density at radius 3 is 2.43 bits per heavy atom. The van der Waals surface area contributed by atoms with E-state index in [0.29, 0.717) is 0 Å². The maximum absolute atomic E-state index is 12.1. The van der Waals surface area contributed by atoms with Crippen LogP contribution in [0.1, 0.15) is 6.92 Å². The first-order valence-electron chi connectivity index (χ1n) is 6.76. The Hall–Kier alpha value is -2.11. The van der Waals surface area contributed by atoms with Crippen LogP contribution >= 0.6 is 0 Å². The Bertz CT molecular complexity index is 606. The van der Waals surface area contributed by atoms with Crippen LogP contribution in [0, 0.1) is 0 Å². The van der Waals surface area contributed by atoms with Crippen LogP contribution in [0.3, 0.4) is 0 Å². The molecule has 0 aromatic heterocycles. The third kappa shape index (κ3) is 3.71. The summed E-state index contributed by atoms with van der Waals surface area (Å²) in [5.74, 6) is 0. The van der Waals surface area contributed by atoms with Gasteiger partial charge < -0.3 is 20.1 Å². The summed E-state index contributed by atoms with van der Waals surface area (Å²) < 4.78 is 10.2. The summed E-state index contributed by atoms with van der Waals surface area (Å²) in [6.07, 6.45) is -0.483. The van der Waals surface area contributed by atoms with Crippen LogP contribution in [-0.2, 0) is 9.47 Å². The molecule has 21 heavy (non-hydrogen) atoms. The molecule has 0 aliphatic rings. The monoisotopic (exact) mass is 288 g/mol. The Kier molecular flexibility index (Phi) is 5.14. The van der Waals surface area contributed by atoms with Crippen molar-refractivity contribution in [3.63, 3.8) is 0 Å². The number of benzene rings is 2. The quantitative estimate of drug-likeness (QED) is 0.832. The first-order chi connectivity index (χ1) is 10.2. The minimum absolute atomic E-state index is 0.269. The number of anilines is 1. The van der Waals surface area contributed by atoms with Crippen molar-refractivity contribution in [2.45, 2.75) is 19.3 Å². The Labute approximate surface area is 124 Å². The molecule has 0 saturated carbocycles. The van der Waals surface area contributed by atoms with E-state index in [4.69, 9.17) is 9.47 Å². The van der Waals surface area contributed by atoms with Gasteiger partial charge in [-0.3, -0.25) is 0 Å². The molecule has 0 heterocycles. The van der Waals surface area contributed by atoms with E-state index in [2.05, 4.69) is 10.6 Å². The molecule has 0 radical (unpaired) electrons. The summed E-state index contributed by atoms with van der Waals surface area (Å²) in [4.78, 5) is 12.1. The van der Waals surface area contributed by atoms with Crippen LogP contribution in [0.4, 0.5) is 10.5 Å². The fourth-order valence-corrected chi connectivity index (χ4v) is 2.27. The maximum atomic E-state index is 12.1. The molecular formula is C16H20N2O3. The molecule has 0 saturated heterocycles. The van der Waals surface area contributed by atoms with Crippen LogP contribution < -0.4 is 10.6 Å². The summed E-state index contributed by atoms with van der Waals surface area (Å²) in [5, 5.41) is 7.73. The van der Waals surface area contributed by atoms with E-state index in [1.165, 1.54) is 14.2 Å². The van der Waals surface area contributed by atoms with Gasteiger partial charge in [-0.25, -0.2) is 4.79 Å². The lowest BCUT2D eigenvalue weighted by Crippen LogP contribution is -2.44. The van der Waals surface area contributed by atoms with Gasteiger partial charge in [0.25, 0.3) is 0 Å². The highest BCUT2D eigenvalue weighted by Gasteiger charge is 2.18. The minimum atomic E-state index is -0.483. The zero-order valence-electron chi connectivity index (χ0n) is 12.4. The molecule has 1 unspecified atom stereocenters. The number of nitrogens with one attached hydrogen (secondary N) is 2. The van der Waals surface area contributed by atoms with E-state index in [1.807, 2.05) is 49.4 Å². The summed E-state index contributed by atoms with van der Waals surface area (Å²) in [6, 6.07) is 13.1. The van der Waals surface area contributed by atoms with Crippen molar-refractivity contribution in [3.05, 3.63) is 42.5 Å². The van der Waals surface area contributed by atoms with Crippen molar-refractivity contribution >= 4 is 22.5 Å². The van der Waals surface area contributed by atoms with E-state index in [-0.39, 0.29) is 12.1 Å². The maximum Gasteiger partial charge on any atom is 0.319 e. The summed E-state index contributed by atoms with van der Waals surface area (Å²) in [5.41, 5.74) is 0.768. The van der Waals surface area contributed by atoms with Crippen LogP contribution in [0.2, 0.25) is 0 Å². The molecule has 0 aliphatic carbocycles. The molecule has 2 rings (SSSR count). The van der Waals surface area contributed by atoms with E-state index in [9.17, 15) is 4.79 Å². The van der Waals surface area contributed by atoms with Gasteiger partial charge in [0.15, 0.2) is 6.29 Å². The molecule has 0 spiro atoms. The number of urea groups is 1. The van der Waals surface area contributed by atoms with Crippen LogP contribution in [-0.4, -0.2) is 32.6 Å². The molecule has 2 aromatic rings. The lowest BCUT2D eigenvalue weighted by atomic mass is 10.1. The Morgan fingerprint density at radius 2 is 1.71 bits per heavy atom. The number of fused-ring (bicyclic) bond motifs is 1. The summed E-state index contributed by atoms with van der Waals surface area (Å²) in [6.45, 7) is 1.82. The Morgan fingerprint density at radius 1 is 1.05 bits per heavy atom. The van der Waals surface area contributed by atoms with Gasteiger partial charge >= 0.3 is 6.03 Å². The molecule has 1 atom stereocenters. The van der Waals surface area contributed by atoms with E-state index in [1.54, 1.807) is 0 Å². The molecule has 112 valence electrons. The second kappa shape index (κ2) is 7.06. The lowest BCUT2D eigenvalue weighted by molar-refractivity contribution is -0.117. The van der Waals surface area contributed by atoms with Crippen molar-refractivity contribution in [1.29, 1.82) is 0 Å². The number of carbonyl (C=O) groups is 1. The first-order valence-corrected chi connectivity index (χ1v) is 6.76. The number of carbonyl (C=O) groups excluding carboxylic acids is 1. The standard InChI is InChI=1S/C16H20N2O3/c1-11(15(20-2)21-3)17-16(19)18-14-10-6-8-12-7-4-5-9-13(12)14/h4-11,15H,1-3H3,(H2,17,18,19). The van der Waals surface area contributed by atoms with Gasteiger partial charge in [-0.15, -0.1) is 0 Å². The zero-order valence-corrected chi connectivity index (χ0v) is 12.4. The average molecular weight is 288 g/mol. The first kappa shape index (κ1) is 15.3. The van der Waals surface area contributed by atoms with Crippen molar-refractivity contribution in [1.82, 2.24) is 5.32 Å². The molecule has 2 N–H and O–H groups in total. The number of hydrogen-bond acceptors (Lipinski definition) is 3. The second-order valence-corrected chi connectivity index (χ2v) is 4.75. The molecule has 0 aliphatic heterocycles. The number of amides is 2. The van der Waals surface area contributed by atoms with Gasteiger partial charge in [0.1, 0.15) is 0 Å². The molecule has 5 heteroatoms. The van der Waals surface area contributed by atoms with Gasteiger partial charge in [0.2, 0.25) is 0 Å². The molecule has 0 fully saturated rings. The van der Waals surface area contributed by atoms with Crippen molar-refractivity contribution < 1.29 is 14.3 Å². The average Bonchev–Trinajstić information content (AvgIpc) is 2.48. The van der Waals surface area contributed by atoms with Gasteiger partial charge in [-0.2, -0.15) is 0 Å². The highest BCUT2D eigenvalue weighted by molar-refractivity contribution is 6.01. The molecular weight excluding hydrogens is 268 g/mol. The molecule has 5 nitrogen and oxygen atoms in total. The second-order valence-electron chi connectivity index (χ2n) is 4.75. The summed E-state index contributed by atoms with van der Waals surface area (Å²) >= 11 is 0. The number of rotatable bonds is 5. The van der Waals surface area contributed by atoms with E-state index < -0.39 is 6.29 Å². The van der Waals surface area contributed by atoms with Crippen molar-refractivity contribution in [2.24, 2.45) is 0 Å². The van der Waals surface area contributed by atoms with Gasteiger partial charge in [-0.1, -0.05) is 36.4 Å². The SMILES string of the molecule is COC(OC)C(C)NC(=O)Nc1cccc2ccccc12. The summed E-state index contributed by atoms with van der Waals surface area (Å²) in [7, 11) is 3.07. The third-order valence-electron chi connectivity index (χ3n) is 3.27. The van der Waals surface area contributed by atoms with Gasteiger partial charge in [0.05, 0.1) is 11.7 Å². The topological polar surface area (TPSA) is 59.6 Å². The van der Waals surface area contributed by atoms with Crippen LogP contribution in [0.5, 0.6) is 0 Å². The normalized spacial score (nSPS) is 12.4. The molecule has 2 aromatic carbocycles. The smallest absolute Gasteiger partial charge is 0.319 e. The third-order valence-corrected chi connectivity index (χ3v) is 3.27. The van der Waals surface area contributed by atoms with Gasteiger partial charge in [0, 0.05) is 19.6 Å². The predicted octanol–water partition coefficient (Wildman–Crippen LogP) is 2.97.